The Bertz CT molecular complexity index is 770. The molecule has 0 radical (unpaired) electrons. The molecule has 2 aromatic rings. The summed E-state index contributed by atoms with van der Waals surface area (Å²) in [6, 6.07) is 5.26. The first kappa shape index (κ1) is 15.9. The first-order valence-electron chi connectivity index (χ1n) is 7.42. The van der Waals surface area contributed by atoms with Crippen LogP contribution in [0.25, 0.3) is 0 Å². The standard InChI is InChI=1S/C15H18FN3O3S/c16-14-3-1-2-4-15(14)23(20,21)18-13-9-17-19(11-13)10-12-5-7-22-8-6-12/h1-4,9,11-12,18H,5-8,10H2. The Morgan fingerprint density at radius 1 is 1.30 bits per heavy atom. The van der Waals surface area contributed by atoms with Crippen LogP contribution in [0, 0.1) is 11.7 Å². The van der Waals surface area contributed by atoms with Crippen molar-refractivity contribution < 1.29 is 17.5 Å². The molecule has 0 atom stereocenters. The second kappa shape index (κ2) is 6.67. The molecule has 2 heterocycles. The van der Waals surface area contributed by atoms with Crippen molar-refractivity contribution in [3.8, 4) is 0 Å². The minimum Gasteiger partial charge on any atom is -0.381 e. The molecule has 1 aliphatic heterocycles. The third-order valence-electron chi connectivity index (χ3n) is 3.80. The second-order valence-electron chi connectivity index (χ2n) is 5.54. The highest BCUT2D eigenvalue weighted by Gasteiger charge is 2.20. The van der Waals surface area contributed by atoms with Crippen molar-refractivity contribution in [1.29, 1.82) is 0 Å². The zero-order valence-electron chi connectivity index (χ0n) is 12.5. The van der Waals surface area contributed by atoms with E-state index < -0.39 is 15.8 Å². The van der Waals surface area contributed by atoms with Gasteiger partial charge < -0.3 is 4.74 Å². The van der Waals surface area contributed by atoms with Gasteiger partial charge in [-0.1, -0.05) is 12.1 Å². The molecule has 3 rings (SSSR count). The third-order valence-corrected chi connectivity index (χ3v) is 5.21. The molecule has 0 aliphatic carbocycles. The highest BCUT2D eigenvalue weighted by molar-refractivity contribution is 7.92. The molecule has 0 amide bonds. The first-order chi connectivity index (χ1) is 11.0. The summed E-state index contributed by atoms with van der Waals surface area (Å²) >= 11 is 0. The average molecular weight is 339 g/mol. The number of sulfonamides is 1. The molecule has 0 spiro atoms. The molecule has 0 saturated carbocycles. The summed E-state index contributed by atoms with van der Waals surface area (Å²) in [5.41, 5.74) is 0.320. The van der Waals surface area contributed by atoms with Gasteiger partial charge in [0, 0.05) is 26.0 Å². The van der Waals surface area contributed by atoms with Crippen molar-refractivity contribution >= 4 is 15.7 Å². The summed E-state index contributed by atoms with van der Waals surface area (Å²) < 4.78 is 47.5. The minimum atomic E-state index is -3.96. The monoisotopic (exact) mass is 339 g/mol. The van der Waals surface area contributed by atoms with Crippen LogP contribution in [-0.2, 0) is 21.3 Å². The van der Waals surface area contributed by atoms with E-state index in [-0.39, 0.29) is 4.90 Å². The summed E-state index contributed by atoms with van der Waals surface area (Å²) in [6.07, 6.45) is 4.98. The van der Waals surface area contributed by atoms with E-state index in [9.17, 15) is 12.8 Å². The van der Waals surface area contributed by atoms with E-state index >= 15 is 0 Å². The number of nitrogens with one attached hydrogen (secondary N) is 1. The number of ether oxygens (including phenoxy) is 1. The summed E-state index contributed by atoms with van der Waals surface area (Å²) in [4.78, 5) is -0.378. The van der Waals surface area contributed by atoms with Crippen LogP contribution in [0.15, 0.2) is 41.6 Å². The molecule has 1 saturated heterocycles. The van der Waals surface area contributed by atoms with Crippen LogP contribution in [-0.4, -0.2) is 31.4 Å². The van der Waals surface area contributed by atoms with Crippen LogP contribution in [0.5, 0.6) is 0 Å². The van der Waals surface area contributed by atoms with Crippen molar-refractivity contribution in [3.05, 3.63) is 42.5 Å². The molecule has 8 heteroatoms. The van der Waals surface area contributed by atoms with E-state index in [1.54, 1.807) is 10.9 Å². The van der Waals surface area contributed by atoms with Gasteiger partial charge in [0.15, 0.2) is 0 Å². The Balaban J connectivity index is 1.70. The van der Waals surface area contributed by atoms with Crippen LogP contribution in [0.1, 0.15) is 12.8 Å². The molecular weight excluding hydrogens is 321 g/mol. The van der Waals surface area contributed by atoms with Gasteiger partial charge in [-0.2, -0.15) is 5.10 Å². The smallest absolute Gasteiger partial charge is 0.264 e. The Morgan fingerprint density at radius 2 is 2.04 bits per heavy atom. The maximum atomic E-state index is 13.7. The highest BCUT2D eigenvalue weighted by atomic mass is 32.2. The number of benzene rings is 1. The Labute approximate surface area is 134 Å². The van der Waals surface area contributed by atoms with Crippen LogP contribution in [0.2, 0.25) is 0 Å². The van der Waals surface area contributed by atoms with Crippen LogP contribution < -0.4 is 4.72 Å². The SMILES string of the molecule is O=S(=O)(Nc1cnn(CC2CCOCC2)c1)c1ccccc1F. The van der Waals surface area contributed by atoms with Gasteiger partial charge in [-0.3, -0.25) is 9.40 Å². The van der Waals surface area contributed by atoms with E-state index in [1.807, 2.05) is 0 Å². The van der Waals surface area contributed by atoms with E-state index in [0.717, 1.165) is 32.1 Å². The number of rotatable bonds is 5. The van der Waals surface area contributed by atoms with Crippen molar-refractivity contribution in [2.45, 2.75) is 24.3 Å². The zero-order valence-corrected chi connectivity index (χ0v) is 13.3. The summed E-state index contributed by atoms with van der Waals surface area (Å²) in [6.45, 7) is 2.21. The number of halogens is 1. The van der Waals surface area contributed by atoms with E-state index in [0.29, 0.717) is 18.2 Å². The fourth-order valence-electron chi connectivity index (χ4n) is 2.58. The lowest BCUT2D eigenvalue weighted by Crippen LogP contribution is -2.20. The Kier molecular flexibility index (Phi) is 4.63. The number of nitrogens with zero attached hydrogens (tertiary/aromatic N) is 2. The topological polar surface area (TPSA) is 73.2 Å². The summed E-state index contributed by atoms with van der Waals surface area (Å²) in [5.74, 6) is -0.311. The molecule has 0 bridgehead atoms. The Morgan fingerprint density at radius 3 is 2.78 bits per heavy atom. The first-order valence-corrected chi connectivity index (χ1v) is 8.90. The van der Waals surface area contributed by atoms with Crippen molar-refractivity contribution in [3.63, 3.8) is 0 Å². The summed E-state index contributed by atoms with van der Waals surface area (Å²) in [5, 5.41) is 4.17. The van der Waals surface area contributed by atoms with Crippen molar-refractivity contribution in [2.24, 2.45) is 5.92 Å². The molecule has 23 heavy (non-hydrogen) atoms. The van der Waals surface area contributed by atoms with Gasteiger partial charge >= 0.3 is 0 Å². The van der Waals surface area contributed by atoms with Crippen LogP contribution >= 0.6 is 0 Å². The molecule has 1 aromatic heterocycles. The lowest BCUT2D eigenvalue weighted by Gasteiger charge is -2.21. The fraction of sp³-hybridized carbons (Fsp3) is 0.400. The number of hydrogen-bond acceptors (Lipinski definition) is 4. The summed E-state index contributed by atoms with van der Waals surface area (Å²) in [7, 11) is -3.96. The predicted octanol–water partition coefficient (Wildman–Crippen LogP) is 2.25. The molecular formula is C15H18FN3O3S. The average Bonchev–Trinajstić information content (AvgIpc) is 2.95. The largest absolute Gasteiger partial charge is 0.381 e. The van der Waals surface area contributed by atoms with Gasteiger partial charge in [-0.05, 0) is 30.9 Å². The maximum absolute atomic E-state index is 13.7. The predicted molar refractivity (Wildman–Crippen MR) is 83.0 cm³/mol. The van der Waals surface area contributed by atoms with Gasteiger partial charge in [0.2, 0.25) is 0 Å². The molecule has 0 unspecified atom stereocenters. The molecule has 6 nitrogen and oxygen atoms in total. The van der Waals surface area contributed by atoms with Crippen LogP contribution in [0.4, 0.5) is 10.1 Å². The van der Waals surface area contributed by atoms with E-state index in [1.165, 1.54) is 24.4 Å². The zero-order chi connectivity index (χ0) is 16.3. The van der Waals surface area contributed by atoms with Gasteiger partial charge in [0.05, 0.1) is 11.9 Å². The van der Waals surface area contributed by atoms with Crippen LogP contribution in [0.3, 0.4) is 0 Å². The molecule has 1 N–H and O–H groups in total. The van der Waals surface area contributed by atoms with Gasteiger partial charge in [-0.15, -0.1) is 0 Å². The number of anilines is 1. The molecule has 1 aliphatic rings. The van der Waals surface area contributed by atoms with Gasteiger partial charge in [0.1, 0.15) is 10.7 Å². The third kappa shape index (κ3) is 3.89. The van der Waals surface area contributed by atoms with Gasteiger partial charge in [0.25, 0.3) is 10.0 Å². The second-order valence-corrected chi connectivity index (χ2v) is 7.19. The van der Waals surface area contributed by atoms with Crippen molar-refractivity contribution in [1.82, 2.24) is 9.78 Å². The Hall–Kier alpha value is -1.93. The van der Waals surface area contributed by atoms with E-state index in [4.69, 9.17) is 4.74 Å². The lowest BCUT2D eigenvalue weighted by atomic mass is 10.0. The number of hydrogen-bond donors (Lipinski definition) is 1. The molecule has 1 fully saturated rings. The minimum absolute atomic E-state index is 0.320. The van der Waals surface area contributed by atoms with Gasteiger partial charge in [-0.25, -0.2) is 12.8 Å². The molecule has 1 aromatic carbocycles. The quantitative estimate of drug-likeness (QED) is 0.907. The lowest BCUT2D eigenvalue weighted by molar-refractivity contribution is 0.0601. The maximum Gasteiger partial charge on any atom is 0.264 e. The normalized spacial score (nSPS) is 16.4. The number of aromatic nitrogens is 2. The van der Waals surface area contributed by atoms with E-state index in [2.05, 4.69) is 9.82 Å². The fourth-order valence-corrected chi connectivity index (χ4v) is 3.69. The van der Waals surface area contributed by atoms with Crippen molar-refractivity contribution in [2.75, 3.05) is 17.9 Å². The highest BCUT2D eigenvalue weighted by Crippen LogP contribution is 2.20. The molecule has 124 valence electrons.